The second-order valence-corrected chi connectivity index (χ2v) is 6.50. The van der Waals surface area contributed by atoms with Gasteiger partial charge < -0.3 is 4.90 Å². The van der Waals surface area contributed by atoms with Gasteiger partial charge in [0.15, 0.2) is 0 Å². The molecule has 4 heteroatoms. The van der Waals surface area contributed by atoms with Crippen LogP contribution in [0.3, 0.4) is 0 Å². The molecule has 0 fully saturated rings. The lowest BCUT2D eigenvalue weighted by Gasteiger charge is -2.29. The fraction of sp³-hybridized carbons (Fsp3) is 0.263. The molecule has 0 N–H and O–H groups in total. The largest absolute Gasteiger partial charge is 0.367 e. The molecule has 1 aliphatic heterocycles. The molecule has 0 spiro atoms. The number of nitro benzene ring substituents is 1. The smallest absolute Gasteiger partial charge is 0.269 e. The number of likely N-dealkylation sites (N-methyl/N-ethyl adjacent to an activating group) is 1. The van der Waals surface area contributed by atoms with Crippen molar-refractivity contribution in [3.05, 3.63) is 75.8 Å². The van der Waals surface area contributed by atoms with Crippen molar-refractivity contribution in [2.45, 2.75) is 25.3 Å². The number of nitro groups is 1. The number of anilines is 1. The van der Waals surface area contributed by atoms with Crippen molar-refractivity contribution < 1.29 is 4.92 Å². The molecule has 1 atom stereocenters. The van der Waals surface area contributed by atoms with Crippen LogP contribution in [0.4, 0.5) is 11.4 Å². The van der Waals surface area contributed by atoms with Crippen molar-refractivity contribution >= 4 is 17.5 Å². The summed E-state index contributed by atoms with van der Waals surface area (Å²) in [5, 5.41) is 10.7. The Morgan fingerprint density at radius 1 is 1.13 bits per heavy atom. The lowest BCUT2D eigenvalue weighted by molar-refractivity contribution is -0.384. The van der Waals surface area contributed by atoms with E-state index in [1.165, 1.54) is 23.4 Å². The van der Waals surface area contributed by atoms with E-state index in [1.54, 1.807) is 12.1 Å². The standard InChI is InChI=1S/C19H20N2O2/c1-19(2)16-6-4-5-7-17(16)20(3)18(19)13-10-14-8-11-15(12-9-14)21(22)23/h4-13,18H,1-3H3. The van der Waals surface area contributed by atoms with Crippen LogP contribution in [0.25, 0.3) is 6.08 Å². The van der Waals surface area contributed by atoms with Gasteiger partial charge in [0, 0.05) is 30.3 Å². The number of benzene rings is 2. The first-order valence-electron chi connectivity index (χ1n) is 7.66. The van der Waals surface area contributed by atoms with Crippen molar-refractivity contribution in [1.29, 1.82) is 0 Å². The van der Waals surface area contributed by atoms with E-state index in [-0.39, 0.29) is 22.1 Å². The summed E-state index contributed by atoms with van der Waals surface area (Å²) >= 11 is 0. The zero-order valence-corrected chi connectivity index (χ0v) is 13.6. The summed E-state index contributed by atoms with van der Waals surface area (Å²) < 4.78 is 0. The first-order valence-corrected chi connectivity index (χ1v) is 7.66. The number of fused-ring (bicyclic) bond motifs is 1. The Hall–Kier alpha value is -2.62. The van der Waals surface area contributed by atoms with E-state index in [2.05, 4.69) is 56.1 Å². The number of hydrogen-bond donors (Lipinski definition) is 0. The molecule has 0 saturated heterocycles. The maximum absolute atomic E-state index is 10.7. The van der Waals surface area contributed by atoms with Crippen molar-refractivity contribution in [2.75, 3.05) is 11.9 Å². The van der Waals surface area contributed by atoms with Gasteiger partial charge in [-0.25, -0.2) is 0 Å². The van der Waals surface area contributed by atoms with Crippen molar-refractivity contribution in [2.24, 2.45) is 0 Å². The topological polar surface area (TPSA) is 46.4 Å². The molecule has 1 heterocycles. The van der Waals surface area contributed by atoms with E-state index in [0.717, 1.165) is 5.56 Å². The highest BCUT2D eigenvalue weighted by Crippen LogP contribution is 2.44. The zero-order valence-electron chi connectivity index (χ0n) is 13.6. The number of para-hydroxylation sites is 1. The molecule has 0 bridgehead atoms. The van der Waals surface area contributed by atoms with Gasteiger partial charge in [0.1, 0.15) is 0 Å². The molecule has 0 radical (unpaired) electrons. The van der Waals surface area contributed by atoms with Gasteiger partial charge in [-0.15, -0.1) is 0 Å². The molecule has 3 rings (SSSR count). The minimum atomic E-state index is -0.377. The van der Waals surface area contributed by atoms with Crippen LogP contribution in [0.5, 0.6) is 0 Å². The van der Waals surface area contributed by atoms with Gasteiger partial charge in [0.05, 0.1) is 11.0 Å². The van der Waals surface area contributed by atoms with E-state index in [1.807, 2.05) is 6.08 Å². The highest BCUT2D eigenvalue weighted by atomic mass is 16.6. The van der Waals surface area contributed by atoms with Crippen LogP contribution < -0.4 is 4.90 Å². The van der Waals surface area contributed by atoms with E-state index < -0.39 is 0 Å². The fourth-order valence-corrected chi connectivity index (χ4v) is 3.40. The minimum absolute atomic E-state index is 0.0165. The number of non-ortho nitro benzene ring substituents is 1. The SMILES string of the molecule is CN1c2ccccc2C(C)(C)C1C=Cc1ccc([N+](=O)[O-])cc1. The van der Waals surface area contributed by atoms with Crippen LogP contribution in [0, 0.1) is 10.1 Å². The predicted octanol–water partition coefficient (Wildman–Crippen LogP) is 4.40. The molecule has 0 aliphatic carbocycles. The molecule has 2 aromatic carbocycles. The molecule has 23 heavy (non-hydrogen) atoms. The van der Waals surface area contributed by atoms with E-state index in [4.69, 9.17) is 0 Å². The summed E-state index contributed by atoms with van der Waals surface area (Å²) in [6.45, 7) is 4.50. The maximum atomic E-state index is 10.7. The average molecular weight is 308 g/mol. The van der Waals surface area contributed by atoms with Gasteiger partial charge in [-0.2, -0.15) is 0 Å². The van der Waals surface area contributed by atoms with Gasteiger partial charge >= 0.3 is 0 Å². The summed E-state index contributed by atoms with van der Waals surface area (Å²) in [6.07, 6.45) is 4.22. The molecule has 1 aliphatic rings. The van der Waals surface area contributed by atoms with Gasteiger partial charge in [-0.3, -0.25) is 10.1 Å². The van der Waals surface area contributed by atoms with Gasteiger partial charge in [-0.1, -0.05) is 44.2 Å². The first kappa shape index (κ1) is 15.3. The Balaban J connectivity index is 1.87. The van der Waals surface area contributed by atoms with Crippen molar-refractivity contribution in [1.82, 2.24) is 0 Å². The molecule has 4 nitrogen and oxygen atoms in total. The molecule has 118 valence electrons. The Labute approximate surface area is 136 Å². The lowest BCUT2D eigenvalue weighted by atomic mass is 9.80. The highest BCUT2D eigenvalue weighted by Gasteiger charge is 2.41. The number of rotatable bonds is 3. The molecular formula is C19H20N2O2. The average Bonchev–Trinajstić information content (AvgIpc) is 2.73. The quantitative estimate of drug-likeness (QED) is 0.623. The van der Waals surface area contributed by atoms with Gasteiger partial charge in [0.2, 0.25) is 0 Å². The number of hydrogen-bond acceptors (Lipinski definition) is 3. The summed E-state index contributed by atoms with van der Waals surface area (Å²) in [6, 6.07) is 15.4. The van der Waals surface area contributed by atoms with Crippen LogP contribution in [0.2, 0.25) is 0 Å². The molecule has 1 unspecified atom stereocenters. The Morgan fingerprint density at radius 2 is 1.78 bits per heavy atom. The van der Waals surface area contributed by atoms with E-state index >= 15 is 0 Å². The minimum Gasteiger partial charge on any atom is -0.367 e. The maximum Gasteiger partial charge on any atom is 0.269 e. The van der Waals surface area contributed by atoms with Crippen molar-refractivity contribution in [3.63, 3.8) is 0 Å². The summed E-state index contributed by atoms with van der Waals surface area (Å²) in [7, 11) is 2.11. The van der Waals surface area contributed by atoms with Gasteiger partial charge in [0.25, 0.3) is 5.69 Å². The van der Waals surface area contributed by atoms with Crippen molar-refractivity contribution in [3.8, 4) is 0 Å². The fourth-order valence-electron chi connectivity index (χ4n) is 3.40. The van der Waals surface area contributed by atoms with Crippen LogP contribution >= 0.6 is 0 Å². The monoisotopic (exact) mass is 308 g/mol. The predicted molar refractivity (Wildman–Crippen MR) is 93.8 cm³/mol. The normalized spacial score (nSPS) is 19.1. The zero-order chi connectivity index (χ0) is 16.6. The van der Waals surface area contributed by atoms with Crippen LogP contribution in [0.15, 0.2) is 54.6 Å². The molecule has 2 aromatic rings. The van der Waals surface area contributed by atoms with E-state index in [9.17, 15) is 10.1 Å². The molecular weight excluding hydrogens is 288 g/mol. The Morgan fingerprint density at radius 3 is 2.39 bits per heavy atom. The molecule has 0 saturated carbocycles. The summed E-state index contributed by atoms with van der Waals surface area (Å²) in [5.74, 6) is 0. The van der Waals surface area contributed by atoms with Crippen LogP contribution in [-0.2, 0) is 5.41 Å². The second-order valence-electron chi connectivity index (χ2n) is 6.50. The van der Waals surface area contributed by atoms with E-state index in [0.29, 0.717) is 0 Å². The Kier molecular flexibility index (Phi) is 3.68. The summed E-state index contributed by atoms with van der Waals surface area (Å²) in [5.41, 5.74) is 3.71. The number of nitrogens with zero attached hydrogens (tertiary/aromatic N) is 2. The molecule has 0 aromatic heterocycles. The van der Waals surface area contributed by atoms with Crippen LogP contribution in [0.1, 0.15) is 25.0 Å². The lowest BCUT2D eigenvalue weighted by Crippen LogP contribution is -2.37. The third kappa shape index (κ3) is 2.61. The summed E-state index contributed by atoms with van der Waals surface area (Å²) in [4.78, 5) is 12.6. The van der Waals surface area contributed by atoms with Crippen LogP contribution in [-0.4, -0.2) is 18.0 Å². The Bertz CT molecular complexity index is 763. The van der Waals surface area contributed by atoms with Gasteiger partial charge in [-0.05, 0) is 29.3 Å². The third-order valence-corrected chi connectivity index (χ3v) is 4.71. The third-order valence-electron chi connectivity index (χ3n) is 4.71. The highest BCUT2D eigenvalue weighted by molar-refractivity contribution is 5.66. The first-order chi connectivity index (χ1) is 10.9. The second kappa shape index (κ2) is 5.54. The molecule has 0 amide bonds.